The molecule has 4 rings (SSSR count). The first-order valence-corrected chi connectivity index (χ1v) is 12.1. The van der Waals surface area contributed by atoms with Gasteiger partial charge in [0.05, 0.1) is 27.4 Å². The predicted molar refractivity (Wildman–Crippen MR) is 145 cm³/mol. The van der Waals surface area contributed by atoms with Gasteiger partial charge in [0.15, 0.2) is 10.9 Å². The molecule has 4 aromatic rings. The molecule has 0 aliphatic heterocycles. The van der Waals surface area contributed by atoms with Gasteiger partial charge >= 0.3 is 0 Å². The Kier molecular flexibility index (Phi) is 5.95. The van der Waals surface area contributed by atoms with Crippen molar-refractivity contribution < 1.29 is 4.74 Å². The number of pyridine rings is 2. The molecule has 35 heavy (non-hydrogen) atoms. The van der Waals surface area contributed by atoms with Gasteiger partial charge in [-0.2, -0.15) is 0 Å². The lowest BCUT2D eigenvalue weighted by atomic mass is 9.80. The van der Waals surface area contributed by atoms with Crippen LogP contribution in [0.25, 0.3) is 21.8 Å². The van der Waals surface area contributed by atoms with E-state index in [-0.39, 0.29) is 28.3 Å². The third-order valence-corrected chi connectivity index (χ3v) is 6.71. The zero-order valence-corrected chi connectivity index (χ0v) is 22.3. The lowest BCUT2D eigenvalue weighted by molar-refractivity contribution is 0.297. The molecule has 0 saturated carbocycles. The third kappa shape index (κ3) is 4.29. The molecule has 2 heterocycles. The summed E-state index contributed by atoms with van der Waals surface area (Å²) < 4.78 is 6.34. The largest absolute Gasteiger partial charge is 0.488 e. The van der Waals surface area contributed by atoms with Gasteiger partial charge in [-0.1, -0.05) is 47.6 Å². The van der Waals surface area contributed by atoms with Crippen molar-refractivity contribution in [1.82, 2.24) is 9.97 Å². The van der Waals surface area contributed by atoms with Crippen molar-refractivity contribution in [2.24, 2.45) is 0 Å². The Hall–Kier alpha value is -3.34. The molecule has 0 radical (unpaired) electrons. The first-order valence-electron chi connectivity index (χ1n) is 12.1. The number of fused-ring (bicyclic) bond motifs is 2. The topological polar surface area (TPSA) is 75.0 Å². The average molecular weight is 473 g/mol. The summed E-state index contributed by atoms with van der Waals surface area (Å²) >= 11 is 0. The summed E-state index contributed by atoms with van der Waals surface area (Å²) in [6, 6.07) is 5.65. The molecule has 2 aromatic carbocycles. The molecule has 2 N–H and O–H groups in total. The first kappa shape index (κ1) is 24.8. The molecule has 0 saturated heterocycles. The van der Waals surface area contributed by atoms with Gasteiger partial charge in [-0.05, 0) is 59.9 Å². The Balaban J connectivity index is 1.89. The van der Waals surface area contributed by atoms with Gasteiger partial charge in [-0.3, -0.25) is 9.59 Å². The summed E-state index contributed by atoms with van der Waals surface area (Å²) in [6.07, 6.45) is 3.44. The second kappa shape index (κ2) is 8.40. The molecule has 0 spiro atoms. The molecule has 0 aliphatic carbocycles. The molecule has 0 bridgehead atoms. The summed E-state index contributed by atoms with van der Waals surface area (Å²) in [5.74, 6) is 0.634. The lowest BCUT2D eigenvalue weighted by Gasteiger charge is -2.26. The Morgan fingerprint density at radius 1 is 0.771 bits per heavy atom. The maximum Gasteiger partial charge on any atom is 0.196 e. The minimum absolute atomic E-state index is 0.0110. The van der Waals surface area contributed by atoms with Crippen molar-refractivity contribution in [3.63, 3.8) is 0 Å². The van der Waals surface area contributed by atoms with E-state index in [4.69, 9.17) is 4.74 Å². The predicted octanol–water partition coefficient (Wildman–Crippen LogP) is 6.47. The normalized spacial score (nSPS) is 12.5. The number of aryl methyl sites for hydroxylation is 3. The van der Waals surface area contributed by atoms with E-state index < -0.39 is 0 Å². The second-order valence-corrected chi connectivity index (χ2v) is 11.7. The van der Waals surface area contributed by atoms with Gasteiger partial charge in [0.2, 0.25) is 0 Å². The monoisotopic (exact) mass is 472 g/mol. The molecule has 0 fully saturated rings. The zero-order valence-electron chi connectivity index (χ0n) is 22.3. The van der Waals surface area contributed by atoms with E-state index in [0.29, 0.717) is 16.7 Å². The summed E-state index contributed by atoms with van der Waals surface area (Å²) in [7, 11) is 0. The van der Waals surface area contributed by atoms with Crippen molar-refractivity contribution in [3.05, 3.63) is 84.4 Å². The van der Waals surface area contributed by atoms with Crippen molar-refractivity contribution in [1.29, 1.82) is 0 Å². The minimum Gasteiger partial charge on any atom is -0.488 e. The van der Waals surface area contributed by atoms with Crippen LogP contribution in [0.1, 0.15) is 74.9 Å². The van der Waals surface area contributed by atoms with Crippen LogP contribution >= 0.6 is 0 Å². The van der Waals surface area contributed by atoms with E-state index in [9.17, 15) is 9.59 Å². The van der Waals surface area contributed by atoms with Crippen LogP contribution in [0.4, 0.5) is 0 Å². The minimum atomic E-state index is -0.334. The van der Waals surface area contributed by atoms with E-state index >= 15 is 0 Å². The standard InChI is InChI=1S/C30H36N2O3/c1-16-12-17(2)27-23(24(16)29(4,5)6)28(34)19(14-32-27)15-35-21-13-18(3)26-22(20(33)10-11-31-26)25(21)30(7,8)9/h10-14H,15H2,1-9H3,(H,31,33)(H,32,34). The van der Waals surface area contributed by atoms with Crippen molar-refractivity contribution >= 4 is 21.8 Å². The number of nitrogens with one attached hydrogen (secondary N) is 2. The fourth-order valence-corrected chi connectivity index (χ4v) is 5.38. The van der Waals surface area contributed by atoms with E-state index in [1.807, 2.05) is 19.9 Å². The van der Waals surface area contributed by atoms with E-state index in [1.54, 1.807) is 18.5 Å². The number of H-pyrrole nitrogens is 2. The van der Waals surface area contributed by atoms with Gasteiger partial charge in [-0.15, -0.1) is 0 Å². The highest BCUT2D eigenvalue weighted by Crippen LogP contribution is 2.38. The van der Waals surface area contributed by atoms with Crippen LogP contribution in [0.5, 0.6) is 5.75 Å². The SMILES string of the molecule is Cc1cc(C)c2[nH]cc(COc3cc(C)c4[nH]ccc(=O)c4c3C(C)(C)C)c(=O)c2c1C(C)(C)C. The van der Waals surface area contributed by atoms with Gasteiger partial charge in [0.25, 0.3) is 0 Å². The van der Waals surface area contributed by atoms with Crippen molar-refractivity contribution in [2.45, 2.75) is 79.8 Å². The molecule has 2 aromatic heterocycles. The fraction of sp³-hybridized carbons (Fsp3) is 0.400. The third-order valence-electron chi connectivity index (χ3n) is 6.71. The Morgan fingerprint density at radius 2 is 1.37 bits per heavy atom. The number of rotatable bonds is 3. The van der Waals surface area contributed by atoms with Crippen LogP contribution in [0.2, 0.25) is 0 Å². The zero-order chi connectivity index (χ0) is 25.9. The van der Waals surface area contributed by atoms with Gasteiger partial charge in [-0.25, -0.2) is 0 Å². The Morgan fingerprint density at radius 3 is 2.00 bits per heavy atom. The van der Waals surface area contributed by atoms with Crippen LogP contribution in [0, 0.1) is 20.8 Å². The molecule has 0 atom stereocenters. The van der Waals surface area contributed by atoms with Crippen LogP contribution in [-0.2, 0) is 17.4 Å². The number of hydrogen-bond acceptors (Lipinski definition) is 3. The molecule has 0 amide bonds. The highest BCUT2D eigenvalue weighted by atomic mass is 16.5. The van der Waals surface area contributed by atoms with Crippen LogP contribution in [0.15, 0.2) is 40.2 Å². The molecule has 0 unspecified atom stereocenters. The number of benzene rings is 2. The highest BCUT2D eigenvalue weighted by Gasteiger charge is 2.26. The molecular formula is C30H36N2O3. The first-order chi connectivity index (χ1) is 16.2. The number of aromatic nitrogens is 2. The highest BCUT2D eigenvalue weighted by molar-refractivity contribution is 5.89. The van der Waals surface area contributed by atoms with Crippen LogP contribution in [-0.4, -0.2) is 9.97 Å². The Bertz CT molecular complexity index is 1580. The van der Waals surface area contributed by atoms with Crippen molar-refractivity contribution in [2.75, 3.05) is 0 Å². The maximum absolute atomic E-state index is 13.8. The molecule has 5 heteroatoms. The Labute approximate surface area is 206 Å². The molecular weight excluding hydrogens is 436 g/mol. The van der Waals surface area contributed by atoms with Crippen LogP contribution < -0.4 is 15.6 Å². The number of hydrogen-bond donors (Lipinski definition) is 2. The summed E-state index contributed by atoms with van der Waals surface area (Å²) in [6.45, 7) is 18.8. The van der Waals surface area contributed by atoms with E-state index in [1.165, 1.54) is 0 Å². The average Bonchev–Trinajstić information content (AvgIpc) is 2.72. The maximum atomic E-state index is 13.8. The summed E-state index contributed by atoms with van der Waals surface area (Å²) in [4.78, 5) is 33.3. The lowest BCUT2D eigenvalue weighted by Crippen LogP contribution is -2.22. The fourth-order valence-electron chi connectivity index (χ4n) is 5.38. The molecule has 184 valence electrons. The van der Waals surface area contributed by atoms with Crippen molar-refractivity contribution in [3.8, 4) is 5.75 Å². The smallest absolute Gasteiger partial charge is 0.196 e. The van der Waals surface area contributed by atoms with E-state index in [0.717, 1.165) is 44.2 Å². The quantitative estimate of drug-likeness (QED) is 0.359. The summed E-state index contributed by atoms with van der Waals surface area (Å²) in [5.41, 5.74) is 6.68. The summed E-state index contributed by atoms with van der Waals surface area (Å²) in [5, 5.41) is 1.38. The van der Waals surface area contributed by atoms with Gasteiger partial charge < -0.3 is 14.7 Å². The molecule has 5 nitrogen and oxygen atoms in total. The number of aromatic amines is 2. The number of ether oxygens (including phenoxy) is 1. The van der Waals surface area contributed by atoms with Gasteiger partial charge in [0, 0.05) is 24.0 Å². The molecule has 0 aliphatic rings. The van der Waals surface area contributed by atoms with Crippen LogP contribution in [0.3, 0.4) is 0 Å². The van der Waals surface area contributed by atoms with Gasteiger partial charge in [0.1, 0.15) is 12.4 Å². The second-order valence-electron chi connectivity index (χ2n) is 11.7. The van der Waals surface area contributed by atoms with E-state index in [2.05, 4.69) is 64.5 Å².